The van der Waals surface area contributed by atoms with Crippen LogP contribution in [0.15, 0.2) is 48.8 Å². The summed E-state index contributed by atoms with van der Waals surface area (Å²) in [6.45, 7) is 7.53. The van der Waals surface area contributed by atoms with Crippen LogP contribution in [0.3, 0.4) is 0 Å². The molecule has 0 saturated heterocycles. The fourth-order valence-corrected chi connectivity index (χ4v) is 4.18. The van der Waals surface area contributed by atoms with Gasteiger partial charge in [0.2, 0.25) is 11.8 Å². The van der Waals surface area contributed by atoms with Crippen molar-refractivity contribution in [2.24, 2.45) is 0 Å². The lowest BCUT2D eigenvalue weighted by Gasteiger charge is -2.30. The first-order valence-electron chi connectivity index (χ1n) is 12.2. The van der Waals surface area contributed by atoms with Gasteiger partial charge in [-0.1, -0.05) is 0 Å². The van der Waals surface area contributed by atoms with Crippen molar-refractivity contribution in [1.29, 1.82) is 0 Å². The lowest BCUT2D eigenvalue weighted by atomic mass is 9.91. The highest BCUT2D eigenvalue weighted by atomic mass is 16.6. The Hall–Kier alpha value is -3.88. The number of nitrogen functional groups attached to an aromatic ring is 1. The molecule has 1 amide bonds. The van der Waals surface area contributed by atoms with Crippen molar-refractivity contribution in [2.75, 3.05) is 11.1 Å². The van der Waals surface area contributed by atoms with E-state index in [1.807, 2.05) is 58.0 Å². The molecule has 1 fully saturated rings. The highest BCUT2D eigenvalue weighted by Crippen LogP contribution is 2.32. The third-order valence-corrected chi connectivity index (χ3v) is 5.89. The first-order valence-corrected chi connectivity index (χ1v) is 12.2. The summed E-state index contributed by atoms with van der Waals surface area (Å²) in [6.07, 6.45) is 6.56. The van der Waals surface area contributed by atoms with E-state index in [9.17, 15) is 4.79 Å². The number of nitrogens with one attached hydrogen (secondary N) is 2. The number of alkyl carbamates (subject to hydrolysis) is 1. The van der Waals surface area contributed by atoms with Crippen molar-refractivity contribution in [2.45, 2.75) is 71.1 Å². The van der Waals surface area contributed by atoms with Crippen molar-refractivity contribution >= 4 is 17.7 Å². The summed E-state index contributed by atoms with van der Waals surface area (Å²) in [5.41, 5.74) is 8.45. The van der Waals surface area contributed by atoms with Crippen LogP contribution in [0.25, 0.3) is 11.3 Å². The summed E-state index contributed by atoms with van der Waals surface area (Å²) >= 11 is 0. The average Bonchev–Trinajstić information content (AvgIpc) is 2.81. The van der Waals surface area contributed by atoms with Gasteiger partial charge < -0.3 is 25.8 Å². The molecule has 0 aliphatic heterocycles. The molecular formula is C27H34N6O3. The third kappa shape index (κ3) is 6.84. The normalized spacial score (nSPS) is 17.8. The molecule has 9 nitrogen and oxygen atoms in total. The Bertz CT molecular complexity index is 1200. The van der Waals surface area contributed by atoms with Crippen LogP contribution in [-0.4, -0.2) is 38.7 Å². The zero-order valence-electron chi connectivity index (χ0n) is 21.2. The van der Waals surface area contributed by atoms with E-state index in [1.165, 1.54) is 0 Å². The van der Waals surface area contributed by atoms with Crippen molar-refractivity contribution in [3.63, 3.8) is 0 Å². The van der Waals surface area contributed by atoms with E-state index in [2.05, 4.69) is 20.6 Å². The van der Waals surface area contributed by atoms with Gasteiger partial charge in [0.05, 0.1) is 11.3 Å². The Kier molecular flexibility index (Phi) is 7.57. The standard InChI is InChI=1S/C27H34N6O3/c1-17-16-18(28)7-12-23(17)35-24-21(6-5-14-29-24)22-13-15-30-25(33-22)31-19-8-10-20(11-9-19)32-26(34)36-27(2,3)4/h5-7,12-16,19-20H,8-11,28H2,1-4H3,(H,32,34)(H,30,31,33)/t19-,20-. The largest absolute Gasteiger partial charge is 0.444 e. The molecule has 0 bridgehead atoms. The zero-order chi connectivity index (χ0) is 25.7. The van der Waals surface area contributed by atoms with E-state index in [-0.39, 0.29) is 18.2 Å². The number of benzene rings is 1. The van der Waals surface area contributed by atoms with Crippen molar-refractivity contribution < 1.29 is 14.3 Å². The van der Waals surface area contributed by atoms with Gasteiger partial charge in [-0.25, -0.2) is 19.7 Å². The molecule has 1 aliphatic carbocycles. The second-order valence-corrected chi connectivity index (χ2v) is 10.1. The lowest BCUT2D eigenvalue weighted by Crippen LogP contribution is -2.42. The number of anilines is 2. The van der Waals surface area contributed by atoms with Crippen molar-refractivity contribution in [1.82, 2.24) is 20.3 Å². The molecule has 36 heavy (non-hydrogen) atoms. The SMILES string of the molecule is Cc1cc(N)ccc1Oc1ncccc1-c1ccnc(N[C@H]2CC[C@H](NC(=O)OC(C)(C)C)CC2)n1. The van der Waals surface area contributed by atoms with Gasteiger partial charge in [-0.15, -0.1) is 0 Å². The molecule has 1 aliphatic rings. The number of carbonyl (C=O) groups excluding carboxylic acids is 1. The molecule has 2 heterocycles. The van der Waals surface area contributed by atoms with E-state index in [0.717, 1.165) is 36.8 Å². The van der Waals surface area contributed by atoms with Crippen LogP contribution in [0.2, 0.25) is 0 Å². The Morgan fingerprint density at radius 1 is 1.03 bits per heavy atom. The lowest BCUT2D eigenvalue weighted by molar-refractivity contribution is 0.0492. The van der Waals surface area contributed by atoms with Crippen LogP contribution in [0.1, 0.15) is 52.0 Å². The number of amides is 1. The molecule has 2 aromatic heterocycles. The Morgan fingerprint density at radius 2 is 1.78 bits per heavy atom. The van der Waals surface area contributed by atoms with E-state index in [4.69, 9.17) is 20.2 Å². The fraction of sp³-hybridized carbons (Fsp3) is 0.407. The summed E-state index contributed by atoms with van der Waals surface area (Å²) in [7, 11) is 0. The molecule has 0 radical (unpaired) electrons. The molecule has 1 aromatic carbocycles. The molecular weight excluding hydrogens is 456 g/mol. The molecule has 9 heteroatoms. The predicted octanol–water partition coefficient (Wildman–Crippen LogP) is 5.47. The molecule has 1 saturated carbocycles. The molecule has 190 valence electrons. The summed E-state index contributed by atoms with van der Waals surface area (Å²) in [5, 5.41) is 6.42. The van der Waals surface area contributed by atoms with Gasteiger partial charge in [0.15, 0.2) is 0 Å². The number of hydrogen-bond donors (Lipinski definition) is 3. The fourth-order valence-electron chi connectivity index (χ4n) is 4.18. The van der Waals surface area contributed by atoms with Crippen LogP contribution in [0, 0.1) is 6.92 Å². The summed E-state index contributed by atoms with van der Waals surface area (Å²) in [6, 6.07) is 11.5. The predicted molar refractivity (Wildman–Crippen MR) is 140 cm³/mol. The van der Waals surface area contributed by atoms with E-state index in [0.29, 0.717) is 29.0 Å². The molecule has 3 aromatic rings. The van der Waals surface area contributed by atoms with Crippen molar-refractivity contribution in [3.8, 4) is 22.9 Å². The van der Waals surface area contributed by atoms with Gasteiger partial charge in [0.1, 0.15) is 11.4 Å². The van der Waals surface area contributed by atoms with Gasteiger partial charge >= 0.3 is 6.09 Å². The zero-order valence-corrected chi connectivity index (χ0v) is 21.2. The van der Waals surface area contributed by atoms with Crippen LogP contribution in [0.4, 0.5) is 16.4 Å². The number of aromatic nitrogens is 3. The monoisotopic (exact) mass is 490 g/mol. The van der Waals surface area contributed by atoms with Gasteiger partial charge in [-0.2, -0.15) is 0 Å². The van der Waals surface area contributed by atoms with Crippen LogP contribution >= 0.6 is 0 Å². The van der Waals surface area contributed by atoms with Crippen LogP contribution in [-0.2, 0) is 4.74 Å². The minimum atomic E-state index is -0.502. The van der Waals surface area contributed by atoms with Gasteiger partial charge in [0.25, 0.3) is 0 Å². The Labute approximate surface area is 211 Å². The van der Waals surface area contributed by atoms with E-state index in [1.54, 1.807) is 18.5 Å². The number of nitrogens with two attached hydrogens (primary N) is 1. The maximum Gasteiger partial charge on any atom is 0.407 e. The Balaban J connectivity index is 1.39. The molecule has 4 N–H and O–H groups in total. The number of aryl methyl sites for hydroxylation is 1. The van der Waals surface area contributed by atoms with Crippen LogP contribution in [0.5, 0.6) is 11.6 Å². The summed E-state index contributed by atoms with van der Waals surface area (Å²) in [5.74, 6) is 1.70. The minimum absolute atomic E-state index is 0.108. The first kappa shape index (κ1) is 25.2. The maximum atomic E-state index is 12.1. The average molecular weight is 491 g/mol. The van der Waals surface area contributed by atoms with Gasteiger partial charge in [-0.05, 0) is 95.3 Å². The first-order chi connectivity index (χ1) is 17.2. The van der Waals surface area contributed by atoms with E-state index < -0.39 is 5.60 Å². The number of pyridine rings is 1. The highest BCUT2D eigenvalue weighted by molar-refractivity contribution is 5.68. The molecule has 4 rings (SSSR count). The quantitative estimate of drug-likeness (QED) is 0.389. The number of hydrogen-bond acceptors (Lipinski definition) is 8. The van der Waals surface area contributed by atoms with Gasteiger partial charge in [-0.3, -0.25) is 0 Å². The molecule has 0 atom stereocenters. The topological polar surface area (TPSA) is 124 Å². The second-order valence-electron chi connectivity index (χ2n) is 10.1. The smallest absolute Gasteiger partial charge is 0.407 e. The molecule has 0 unspecified atom stereocenters. The number of nitrogens with zero attached hydrogens (tertiary/aromatic N) is 3. The number of carbonyl (C=O) groups is 1. The molecule has 0 spiro atoms. The maximum absolute atomic E-state index is 12.1. The minimum Gasteiger partial charge on any atom is -0.444 e. The number of rotatable bonds is 6. The van der Waals surface area contributed by atoms with Crippen molar-refractivity contribution in [3.05, 3.63) is 54.4 Å². The third-order valence-electron chi connectivity index (χ3n) is 5.89. The number of ether oxygens (including phenoxy) is 2. The van der Waals surface area contributed by atoms with E-state index >= 15 is 0 Å². The van der Waals surface area contributed by atoms with Gasteiger partial charge in [0, 0.05) is 30.2 Å². The highest BCUT2D eigenvalue weighted by Gasteiger charge is 2.25. The second kappa shape index (κ2) is 10.8. The summed E-state index contributed by atoms with van der Waals surface area (Å²) < 4.78 is 11.5. The summed E-state index contributed by atoms with van der Waals surface area (Å²) in [4.78, 5) is 25.6. The van der Waals surface area contributed by atoms with Crippen LogP contribution < -0.4 is 21.1 Å². The Morgan fingerprint density at radius 3 is 2.50 bits per heavy atom.